The fraction of sp³-hybridized carbons (Fsp3) is 0. The first kappa shape index (κ1) is 25.4. The van der Waals surface area contributed by atoms with Gasteiger partial charge in [-0.2, -0.15) is 0 Å². The average molecular weight is 607 g/mol. The first-order valence-corrected chi connectivity index (χ1v) is 16.0. The van der Waals surface area contributed by atoms with Gasteiger partial charge in [-0.1, -0.05) is 103 Å². The Balaban J connectivity index is 1.28. The van der Waals surface area contributed by atoms with E-state index in [-0.39, 0.29) is 0 Å². The predicted octanol–water partition coefficient (Wildman–Crippen LogP) is 10.8. The summed E-state index contributed by atoms with van der Waals surface area (Å²) in [7, 11) is 0. The minimum atomic E-state index is 0.577. The summed E-state index contributed by atoms with van der Waals surface area (Å²) in [5.74, 6) is 1.82. The number of thiophene rings is 1. The van der Waals surface area contributed by atoms with Gasteiger partial charge in [0.15, 0.2) is 23.1 Å². The molecule has 0 aliphatic carbocycles. The topological polar surface area (TPSA) is 64.7 Å². The quantitative estimate of drug-likeness (QED) is 0.200. The number of hydrogen-bond acceptors (Lipinski definition) is 6. The Morgan fingerprint density at radius 2 is 1.17 bits per heavy atom. The van der Waals surface area contributed by atoms with Crippen molar-refractivity contribution in [3.05, 3.63) is 134 Å². The summed E-state index contributed by atoms with van der Waals surface area (Å²) in [6.07, 6.45) is 1.91. The number of fused-ring (bicyclic) bond motifs is 9. The largest absolute Gasteiger partial charge is 0.454 e. The van der Waals surface area contributed by atoms with Crippen LogP contribution in [0, 0.1) is 0 Å². The van der Waals surface area contributed by atoms with Crippen molar-refractivity contribution >= 4 is 75.1 Å². The molecular formula is C40H22N4OS. The Hall–Kier alpha value is -5.98. The van der Waals surface area contributed by atoms with Crippen molar-refractivity contribution in [2.45, 2.75) is 0 Å². The van der Waals surface area contributed by atoms with Crippen molar-refractivity contribution in [3.8, 4) is 34.2 Å². The van der Waals surface area contributed by atoms with Gasteiger partial charge in [-0.15, -0.1) is 11.3 Å². The van der Waals surface area contributed by atoms with Gasteiger partial charge >= 0.3 is 0 Å². The van der Waals surface area contributed by atoms with E-state index in [0.717, 1.165) is 60.3 Å². The first-order valence-electron chi connectivity index (χ1n) is 15.1. The lowest BCUT2D eigenvalue weighted by atomic mass is 10.0. The SMILES string of the molecule is c1ccc2cc(-c3nc(-c4cccc5sc6ccccc6c45)nc(-c4cccc5oc6c7ccccc7cnc6c45)n3)ccc2c1. The molecule has 0 aliphatic rings. The number of rotatable bonds is 3. The summed E-state index contributed by atoms with van der Waals surface area (Å²) in [5, 5.41) is 7.61. The second kappa shape index (κ2) is 9.76. The Bertz CT molecular complexity index is 2830. The number of pyridine rings is 1. The second-order valence-corrected chi connectivity index (χ2v) is 12.5. The monoisotopic (exact) mass is 606 g/mol. The molecule has 10 rings (SSSR count). The van der Waals surface area contributed by atoms with Crippen molar-refractivity contribution in [2.75, 3.05) is 0 Å². The molecule has 46 heavy (non-hydrogen) atoms. The maximum atomic E-state index is 6.47. The normalized spacial score (nSPS) is 11.9. The highest BCUT2D eigenvalue weighted by Gasteiger charge is 2.21. The van der Waals surface area contributed by atoms with E-state index in [9.17, 15) is 0 Å². The van der Waals surface area contributed by atoms with Crippen LogP contribution in [0.15, 0.2) is 138 Å². The Morgan fingerprint density at radius 1 is 0.500 bits per heavy atom. The van der Waals surface area contributed by atoms with Gasteiger partial charge in [0.1, 0.15) is 11.1 Å². The van der Waals surface area contributed by atoms with Gasteiger partial charge in [0.25, 0.3) is 0 Å². The Labute approximate surface area is 266 Å². The molecule has 0 saturated heterocycles. The predicted molar refractivity (Wildman–Crippen MR) is 189 cm³/mol. The third kappa shape index (κ3) is 3.81. The average Bonchev–Trinajstić information content (AvgIpc) is 3.70. The van der Waals surface area contributed by atoms with E-state index in [0.29, 0.717) is 17.5 Å². The molecule has 0 radical (unpaired) electrons. The number of aromatic nitrogens is 4. The molecular weight excluding hydrogens is 585 g/mol. The van der Waals surface area contributed by atoms with Gasteiger partial charge in [0.2, 0.25) is 0 Å². The zero-order chi connectivity index (χ0) is 30.2. The van der Waals surface area contributed by atoms with Crippen LogP contribution >= 0.6 is 11.3 Å². The molecule has 0 N–H and O–H groups in total. The number of furan rings is 1. The van der Waals surface area contributed by atoms with Crippen molar-refractivity contribution in [2.24, 2.45) is 0 Å². The minimum Gasteiger partial charge on any atom is -0.454 e. The zero-order valence-electron chi connectivity index (χ0n) is 24.3. The van der Waals surface area contributed by atoms with E-state index >= 15 is 0 Å². The molecule has 0 spiro atoms. The van der Waals surface area contributed by atoms with E-state index in [1.54, 1.807) is 11.3 Å². The van der Waals surface area contributed by atoms with E-state index < -0.39 is 0 Å². The van der Waals surface area contributed by atoms with Crippen molar-refractivity contribution < 1.29 is 4.42 Å². The lowest BCUT2D eigenvalue weighted by Gasteiger charge is -2.11. The molecule has 0 bridgehead atoms. The molecule has 214 valence electrons. The Kier molecular flexibility index (Phi) is 5.38. The van der Waals surface area contributed by atoms with Crippen molar-refractivity contribution in [1.82, 2.24) is 19.9 Å². The molecule has 10 aromatic rings. The van der Waals surface area contributed by atoms with Crippen LogP contribution in [0.3, 0.4) is 0 Å². The number of benzene rings is 6. The van der Waals surface area contributed by atoms with Crippen molar-refractivity contribution in [3.63, 3.8) is 0 Å². The van der Waals surface area contributed by atoms with Crippen molar-refractivity contribution in [1.29, 1.82) is 0 Å². The van der Waals surface area contributed by atoms with E-state index in [1.807, 2.05) is 30.5 Å². The van der Waals surface area contributed by atoms with Gasteiger partial charge in [-0.05, 0) is 35.0 Å². The van der Waals surface area contributed by atoms with Crippen LogP contribution in [0.25, 0.3) is 97.9 Å². The van der Waals surface area contributed by atoms with Gasteiger partial charge in [0.05, 0.1) is 5.39 Å². The smallest absolute Gasteiger partial charge is 0.164 e. The van der Waals surface area contributed by atoms with Crippen LogP contribution in [-0.4, -0.2) is 19.9 Å². The highest BCUT2D eigenvalue weighted by Crippen LogP contribution is 2.41. The number of hydrogen-bond donors (Lipinski definition) is 0. The summed E-state index contributed by atoms with van der Waals surface area (Å²) in [5.41, 5.74) is 5.07. The third-order valence-electron chi connectivity index (χ3n) is 8.76. The molecule has 4 aromatic heterocycles. The summed E-state index contributed by atoms with van der Waals surface area (Å²) < 4.78 is 8.91. The molecule has 0 fully saturated rings. The molecule has 6 aromatic carbocycles. The minimum absolute atomic E-state index is 0.577. The molecule has 0 atom stereocenters. The fourth-order valence-corrected chi connectivity index (χ4v) is 7.74. The first-order chi connectivity index (χ1) is 22.8. The van der Waals surface area contributed by atoms with Gasteiger partial charge in [0, 0.05) is 53.8 Å². The lowest BCUT2D eigenvalue weighted by molar-refractivity contribution is 0.672. The molecule has 0 saturated carbocycles. The lowest BCUT2D eigenvalue weighted by Crippen LogP contribution is -2.01. The van der Waals surface area contributed by atoms with Crippen LogP contribution in [0.1, 0.15) is 0 Å². The summed E-state index contributed by atoms with van der Waals surface area (Å²) in [6.45, 7) is 0. The highest BCUT2D eigenvalue weighted by molar-refractivity contribution is 7.25. The van der Waals surface area contributed by atoms with Crippen LogP contribution in [0.5, 0.6) is 0 Å². The molecule has 6 heteroatoms. The third-order valence-corrected chi connectivity index (χ3v) is 9.89. The van der Waals surface area contributed by atoms with Crippen LogP contribution in [0.4, 0.5) is 0 Å². The van der Waals surface area contributed by atoms with Crippen LogP contribution < -0.4 is 0 Å². The maximum Gasteiger partial charge on any atom is 0.164 e. The zero-order valence-corrected chi connectivity index (χ0v) is 25.1. The molecule has 5 nitrogen and oxygen atoms in total. The van der Waals surface area contributed by atoms with Gasteiger partial charge < -0.3 is 4.42 Å². The summed E-state index contributed by atoms with van der Waals surface area (Å²) >= 11 is 1.79. The highest BCUT2D eigenvalue weighted by atomic mass is 32.1. The van der Waals surface area contributed by atoms with Crippen LogP contribution in [-0.2, 0) is 0 Å². The Morgan fingerprint density at radius 3 is 2.04 bits per heavy atom. The fourth-order valence-electron chi connectivity index (χ4n) is 6.61. The van der Waals surface area contributed by atoms with Gasteiger partial charge in [-0.25, -0.2) is 15.0 Å². The standard InChI is InChI=1S/C40H22N4OS/c1-2-10-24-21-25(20-19-23(24)9-1)38-42-39(29-15-8-18-33-34(29)28-13-5-6-17-32(28)46-33)44-40(43-38)30-14-7-16-31-35(30)36-37(45-31)27-12-4-3-11-26(27)22-41-36/h1-22H. The molecule has 4 heterocycles. The second-order valence-electron chi connectivity index (χ2n) is 11.4. The van der Waals surface area contributed by atoms with Gasteiger partial charge in [-0.3, -0.25) is 4.98 Å². The van der Waals surface area contributed by atoms with E-state index in [4.69, 9.17) is 24.4 Å². The molecule has 0 amide bonds. The molecule has 0 unspecified atom stereocenters. The maximum absolute atomic E-state index is 6.47. The summed E-state index contributed by atoms with van der Waals surface area (Å²) in [6, 6.07) is 43.8. The summed E-state index contributed by atoms with van der Waals surface area (Å²) in [4.78, 5) is 20.4. The van der Waals surface area contributed by atoms with Crippen LogP contribution in [0.2, 0.25) is 0 Å². The van der Waals surface area contributed by atoms with E-state index in [2.05, 4.69) is 103 Å². The van der Waals surface area contributed by atoms with E-state index in [1.165, 1.54) is 20.2 Å². The molecule has 0 aliphatic heterocycles. The number of nitrogens with zero attached hydrogens (tertiary/aromatic N) is 4.